The molecule has 2 N–H and O–H groups in total. The van der Waals surface area contributed by atoms with Gasteiger partial charge in [-0.15, -0.1) is 5.10 Å². The molecule has 2 aliphatic rings. The molecule has 34 heavy (non-hydrogen) atoms. The molecule has 1 amide bonds. The average molecular weight is 480 g/mol. The molecule has 0 saturated carbocycles. The number of aryl methyl sites for hydroxylation is 1. The molecule has 0 saturated heterocycles. The van der Waals surface area contributed by atoms with Crippen LogP contribution >= 0.6 is 11.6 Å². The maximum absolute atomic E-state index is 15.2. The number of carbonyl (C=O) groups is 1. The summed E-state index contributed by atoms with van der Waals surface area (Å²) in [4.78, 5) is 34.3. The van der Waals surface area contributed by atoms with Gasteiger partial charge < -0.3 is 14.9 Å². The number of H-pyrrole nitrogens is 1. The van der Waals surface area contributed by atoms with Crippen LogP contribution in [0.1, 0.15) is 39.9 Å². The Morgan fingerprint density at radius 3 is 2.82 bits per heavy atom. The van der Waals surface area contributed by atoms with Gasteiger partial charge in [-0.25, -0.2) is 14.1 Å². The number of pyridine rings is 1. The summed E-state index contributed by atoms with van der Waals surface area (Å²) in [6, 6.07) is 4.20. The fraction of sp³-hybridized carbons (Fsp3) is 0.261. The molecule has 0 radical (unpaired) electrons. The average Bonchev–Trinajstić information content (AvgIpc) is 3.54. The Labute approximate surface area is 197 Å². The van der Waals surface area contributed by atoms with Gasteiger partial charge in [-0.3, -0.25) is 9.59 Å². The van der Waals surface area contributed by atoms with Crippen molar-refractivity contribution in [2.75, 3.05) is 6.54 Å². The first kappa shape index (κ1) is 20.8. The summed E-state index contributed by atoms with van der Waals surface area (Å²) < 4.78 is 18.4. The minimum Gasteiger partial charge on any atom is -0.352 e. The number of halogens is 2. The molecular weight excluding hydrogens is 461 g/mol. The Balaban J connectivity index is 1.53. The minimum atomic E-state index is -0.616. The van der Waals surface area contributed by atoms with Gasteiger partial charge in [0.2, 0.25) is 0 Å². The molecule has 172 valence electrons. The summed E-state index contributed by atoms with van der Waals surface area (Å²) in [7, 11) is 1.78. The van der Waals surface area contributed by atoms with E-state index in [1.165, 1.54) is 12.1 Å². The number of nitrogens with one attached hydrogen (secondary N) is 2. The number of fused-ring (bicyclic) bond motifs is 5. The predicted octanol–water partition coefficient (Wildman–Crippen LogP) is 2.65. The third kappa shape index (κ3) is 3.02. The van der Waals surface area contributed by atoms with Gasteiger partial charge in [-0.05, 0) is 30.9 Å². The highest BCUT2D eigenvalue weighted by molar-refractivity contribution is 6.31. The van der Waals surface area contributed by atoms with Crippen LogP contribution in [0.3, 0.4) is 0 Å². The van der Waals surface area contributed by atoms with Gasteiger partial charge in [-0.1, -0.05) is 22.9 Å². The van der Waals surface area contributed by atoms with Crippen molar-refractivity contribution in [2.45, 2.75) is 25.3 Å². The van der Waals surface area contributed by atoms with Gasteiger partial charge in [0.05, 0.1) is 34.7 Å². The highest BCUT2D eigenvalue weighted by Gasteiger charge is 2.34. The van der Waals surface area contributed by atoms with E-state index in [9.17, 15) is 9.59 Å². The van der Waals surface area contributed by atoms with Crippen LogP contribution in [-0.2, 0) is 19.9 Å². The molecule has 1 atom stereocenters. The minimum absolute atomic E-state index is 0.0445. The smallest absolute Gasteiger partial charge is 0.253 e. The quantitative estimate of drug-likeness (QED) is 0.459. The Hall–Kier alpha value is -3.79. The van der Waals surface area contributed by atoms with Crippen LogP contribution in [0.15, 0.2) is 35.4 Å². The van der Waals surface area contributed by atoms with Gasteiger partial charge in [0.1, 0.15) is 17.3 Å². The van der Waals surface area contributed by atoms with Crippen LogP contribution in [0.4, 0.5) is 4.39 Å². The first-order chi connectivity index (χ1) is 16.4. The van der Waals surface area contributed by atoms with Crippen molar-refractivity contribution in [3.63, 3.8) is 0 Å². The third-order valence-corrected chi connectivity index (χ3v) is 6.87. The van der Waals surface area contributed by atoms with E-state index in [0.29, 0.717) is 48.5 Å². The molecule has 3 aromatic heterocycles. The van der Waals surface area contributed by atoms with E-state index in [0.717, 1.165) is 11.4 Å². The lowest BCUT2D eigenvalue weighted by atomic mass is 9.90. The second kappa shape index (κ2) is 7.63. The molecule has 4 aromatic rings. The van der Waals surface area contributed by atoms with E-state index < -0.39 is 5.82 Å². The van der Waals surface area contributed by atoms with Crippen molar-refractivity contribution in [3.8, 4) is 22.5 Å². The molecule has 11 heteroatoms. The van der Waals surface area contributed by atoms with E-state index in [2.05, 4.69) is 25.6 Å². The molecule has 1 aromatic carbocycles. The maximum Gasteiger partial charge on any atom is 0.253 e. The third-order valence-electron chi connectivity index (χ3n) is 6.58. The van der Waals surface area contributed by atoms with Gasteiger partial charge in [0.15, 0.2) is 0 Å². The lowest BCUT2D eigenvalue weighted by molar-refractivity contribution is 0.0952. The predicted molar refractivity (Wildman–Crippen MR) is 122 cm³/mol. The molecule has 2 aliphatic heterocycles. The van der Waals surface area contributed by atoms with Crippen molar-refractivity contribution in [1.82, 2.24) is 34.8 Å². The van der Waals surface area contributed by atoms with E-state index in [-0.39, 0.29) is 33.7 Å². The Morgan fingerprint density at radius 2 is 2.03 bits per heavy atom. The van der Waals surface area contributed by atoms with E-state index in [4.69, 9.17) is 11.6 Å². The first-order valence-electron chi connectivity index (χ1n) is 10.9. The number of imidazole rings is 1. The van der Waals surface area contributed by atoms with Gasteiger partial charge in [0.25, 0.3) is 11.5 Å². The Morgan fingerprint density at radius 1 is 1.18 bits per heavy atom. The van der Waals surface area contributed by atoms with Crippen LogP contribution in [0, 0.1) is 5.82 Å². The first-order valence-corrected chi connectivity index (χ1v) is 11.3. The number of amides is 1. The van der Waals surface area contributed by atoms with E-state index in [1.54, 1.807) is 34.8 Å². The monoisotopic (exact) mass is 479 g/mol. The fourth-order valence-corrected chi connectivity index (χ4v) is 5.19. The molecule has 5 heterocycles. The number of rotatable bonds is 2. The van der Waals surface area contributed by atoms with Crippen molar-refractivity contribution in [3.05, 3.63) is 74.4 Å². The molecule has 0 spiro atoms. The van der Waals surface area contributed by atoms with Gasteiger partial charge >= 0.3 is 0 Å². The summed E-state index contributed by atoms with van der Waals surface area (Å²) >= 11 is 6.08. The fourth-order valence-electron chi connectivity index (χ4n) is 5.03. The number of hydrogen-bond acceptors (Lipinski definition) is 5. The number of nitrogens with zero attached hydrogens (tertiary/aromatic N) is 5. The number of benzene rings is 1. The molecule has 0 unspecified atom stereocenters. The lowest BCUT2D eigenvalue weighted by Crippen LogP contribution is -2.33. The lowest BCUT2D eigenvalue weighted by Gasteiger charge is -2.22. The number of hydrogen-bond donors (Lipinski definition) is 2. The summed E-state index contributed by atoms with van der Waals surface area (Å²) in [6.07, 6.45) is 4.77. The summed E-state index contributed by atoms with van der Waals surface area (Å²) in [6.45, 7) is 0.356. The SMILES string of the molecule is Cn1nncc1-c1cnc([C@H]2CCc3c4c(cc(=O)n32)-c2c(ccc(Cl)c2F)CCNC4=O)[nH]1. The van der Waals surface area contributed by atoms with Crippen LogP contribution in [0.5, 0.6) is 0 Å². The second-order valence-electron chi connectivity index (χ2n) is 8.47. The van der Waals surface area contributed by atoms with Gasteiger partial charge in [-0.2, -0.15) is 0 Å². The maximum atomic E-state index is 15.2. The molecule has 6 rings (SSSR count). The zero-order valence-electron chi connectivity index (χ0n) is 18.1. The highest BCUT2D eigenvalue weighted by Crippen LogP contribution is 2.39. The van der Waals surface area contributed by atoms with Crippen LogP contribution in [0.2, 0.25) is 5.02 Å². The Bertz CT molecular complexity index is 1540. The van der Waals surface area contributed by atoms with Crippen molar-refractivity contribution < 1.29 is 9.18 Å². The largest absolute Gasteiger partial charge is 0.352 e. The summed E-state index contributed by atoms with van der Waals surface area (Å²) in [5.74, 6) is -0.349. The van der Waals surface area contributed by atoms with Crippen molar-refractivity contribution in [1.29, 1.82) is 0 Å². The van der Waals surface area contributed by atoms with Crippen LogP contribution in [0.25, 0.3) is 22.5 Å². The topological polar surface area (TPSA) is 110 Å². The molecular formula is C23H19ClFN7O2. The number of aromatic amines is 1. The number of carbonyl (C=O) groups excluding carboxylic acids is 1. The number of aromatic nitrogens is 6. The zero-order chi connectivity index (χ0) is 23.6. The zero-order valence-corrected chi connectivity index (χ0v) is 18.9. The molecule has 0 aliphatic carbocycles. The van der Waals surface area contributed by atoms with Crippen LogP contribution in [-0.4, -0.2) is 42.0 Å². The standard InChI is InChI=1S/C23H19ClFN7O2/c1-31-17(10-28-30-31)14-9-27-22(29-14)16-5-4-15-20-12(8-18(33)32(15)16)19-11(6-7-26-23(20)34)2-3-13(24)21(19)25/h2-3,8-10,16H,4-7H2,1H3,(H,26,34)(H,27,29)/t16-/m1/s1. The normalized spacial score (nSPS) is 16.9. The molecule has 0 fully saturated rings. The summed E-state index contributed by atoms with van der Waals surface area (Å²) in [5, 5.41) is 10.7. The highest BCUT2D eigenvalue weighted by atomic mass is 35.5. The molecule has 9 nitrogen and oxygen atoms in total. The van der Waals surface area contributed by atoms with Crippen LogP contribution < -0.4 is 10.9 Å². The van der Waals surface area contributed by atoms with Gasteiger partial charge in [0, 0.05) is 36.5 Å². The summed E-state index contributed by atoms with van der Waals surface area (Å²) in [5.41, 5.74) is 3.24. The molecule has 0 bridgehead atoms. The van der Waals surface area contributed by atoms with E-state index in [1.807, 2.05) is 0 Å². The Kier molecular flexibility index (Phi) is 4.66. The van der Waals surface area contributed by atoms with Crippen molar-refractivity contribution >= 4 is 17.5 Å². The second-order valence-corrected chi connectivity index (χ2v) is 8.88. The van der Waals surface area contributed by atoms with Crippen molar-refractivity contribution in [2.24, 2.45) is 7.05 Å². The van der Waals surface area contributed by atoms with E-state index >= 15 is 4.39 Å².